The molecule has 0 radical (unpaired) electrons. The molecule has 1 aliphatic carbocycles. The first-order valence-corrected chi connectivity index (χ1v) is 5.25. The first kappa shape index (κ1) is 8.47. The standard InChI is InChI=1S/C10H16N4/c11-7-2-3-8-9(6-7)14-5-1-4-12-10(14)13-8/h2-3,6,8-10,12-13H,1,4-5,11H2. The Hall–Kier alpha value is -0.840. The quantitative estimate of drug-likeness (QED) is 0.476. The highest BCUT2D eigenvalue weighted by Gasteiger charge is 2.40. The molecule has 4 heteroatoms. The van der Waals surface area contributed by atoms with Gasteiger partial charge < -0.3 is 5.73 Å². The van der Waals surface area contributed by atoms with Crippen LogP contribution in [0.2, 0.25) is 0 Å². The van der Waals surface area contributed by atoms with Gasteiger partial charge in [-0.1, -0.05) is 6.08 Å². The molecule has 14 heavy (non-hydrogen) atoms. The van der Waals surface area contributed by atoms with Crippen LogP contribution in [-0.2, 0) is 0 Å². The first-order valence-electron chi connectivity index (χ1n) is 5.25. The van der Waals surface area contributed by atoms with Gasteiger partial charge in [-0.3, -0.25) is 15.5 Å². The molecule has 76 valence electrons. The molecule has 0 amide bonds. The molecule has 0 spiro atoms. The summed E-state index contributed by atoms with van der Waals surface area (Å²) in [5, 5.41) is 7.01. The largest absolute Gasteiger partial charge is 0.399 e. The predicted octanol–water partition coefficient (Wildman–Crippen LogP) is -0.682. The van der Waals surface area contributed by atoms with Crippen molar-refractivity contribution >= 4 is 0 Å². The monoisotopic (exact) mass is 192 g/mol. The SMILES string of the molecule is NC1=CC2C(C=C1)NC1NCCCN12. The van der Waals surface area contributed by atoms with Crippen molar-refractivity contribution in [2.45, 2.75) is 24.8 Å². The Morgan fingerprint density at radius 1 is 1.50 bits per heavy atom. The molecule has 3 aliphatic rings. The average Bonchev–Trinajstić information content (AvgIpc) is 2.56. The summed E-state index contributed by atoms with van der Waals surface area (Å²) >= 11 is 0. The summed E-state index contributed by atoms with van der Waals surface area (Å²) < 4.78 is 0. The highest BCUT2D eigenvalue weighted by Crippen LogP contribution is 2.23. The van der Waals surface area contributed by atoms with E-state index in [-0.39, 0.29) is 0 Å². The first-order chi connectivity index (χ1) is 6.84. The third-order valence-corrected chi connectivity index (χ3v) is 3.22. The molecule has 4 N–H and O–H groups in total. The molecule has 2 aliphatic heterocycles. The molecule has 3 unspecified atom stereocenters. The van der Waals surface area contributed by atoms with Crippen molar-refractivity contribution < 1.29 is 0 Å². The van der Waals surface area contributed by atoms with E-state index in [1.807, 2.05) is 6.08 Å². The zero-order chi connectivity index (χ0) is 9.54. The summed E-state index contributed by atoms with van der Waals surface area (Å²) in [6.45, 7) is 2.26. The summed E-state index contributed by atoms with van der Waals surface area (Å²) in [7, 11) is 0. The lowest BCUT2D eigenvalue weighted by molar-refractivity contribution is 0.143. The van der Waals surface area contributed by atoms with Crippen LogP contribution in [0.15, 0.2) is 23.9 Å². The molecule has 2 fully saturated rings. The van der Waals surface area contributed by atoms with Gasteiger partial charge in [0, 0.05) is 18.3 Å². The van der Waals surface area contributed by atoms with Crippen LogP contribution in [0.4, 0.5) is 0 Å². The number of nitrogens with two attached hydrogens (primary N) is 1. The van der Waals surface area contributed by atoms with Crippen LogP contribution in [0.25, 0.3) is 0 Å². The maximum Gasteiger partial charge on any atom is 0.115 e. The van der Waals surface area contributed by atoms with E-state index in [1.165, 1.54) is 6.42 Å². The van der Waals surface area contributed by atoms with Crippen LogP contribution in [0.3, 0.4) is 0 Å². The third kappa shape index (κ3) is 1.19. The maximum atomic E-state index is 5.81. The number of rotatable bonds is 0. The molecule has 0 aromatic rings. The lowest BCUT2D eigenvalue weighted by Gasteiger charge is -2.33. The van der Waals surface area contributed by atoms with E-state index in [1.54, 1.807) is 0 Å². The normalized spacial score (nSPS) is 41.7. The molecule has 3 rings (SSSR count). The Labute approximate surface area is 83.8 Å². The zero-order valence-corrected chi connectivity index (χ0v) is 8.11. The summed E-state index contributed by atoms with van der Waals surface area (Å²) in [5.74, 6) is 0. The highest BCUT2D eigenvalue weighted by atomic mass is 15.5. The molecule has 0 aromatic carbocycles. The van der Waals surface area contributed by atoms with Crippen LogP contribution in [-0.4, -0.2) is 36.4 Å². The Morgan fingerprint density at radius 2 is 2.43 bits per heavy atom. The highest BCUT2D eigenvalue weighted by molar-refractivity contribution is 5.29. The fourth-order valence-corrected chi connectivity index (χ4v) is 2.55. The molecule has 2 saturated heterocycles. The van der Waals surface area contributed by atoms with Gasteiger partial charge >= 0.3 is 0 Å². The number of hydrogen-bond donors (Lipinski definition) is 3. The fourth-order valence-electron chi connectivity index (χ4n) is 2.55. The summed E-state index contributed by atoms with van der Waals surface area (Å²) in [5.41, 5.74) is 6.70. The van der Waals surface area contributed by atoms with E-state index in [9.17, 15) is 0 Å². The lowest BCUT2D eigenvalue weighted by Crippen LogP contribution is -2.53. The van der Waals surface area contributed by atoms with E-state index < -0.39 is 0 Å². The second-order valence-electron chi connectivity index (χ2n) is 4.16. The van der Waals surface area contributed by atoms with Gasteiger partial charge in [-0.05, 0) is 25.1 Å². The molecule has 4 nitrogen and oxygen atoms in total. The van der Waals surface area contributed by atoms with Gasteiger partial charge in [-0.25, -0.2) is 0 Å². The molecule has 0 aromatic heterocycles. The number of nitrogens with zero attached hydrogens (tertiary/aromatic N) is 1. The Bertz CT molecular complexity index is 296. The number of nitrogens with one attached hydrogen (secondary N) is 2. The fraction of sp³-hybridized carbons (Fsp3) is 0.600. The van der Waals surface area contributed by atoms with Crippen molar-refractivity contribution in [3.8, 4) is 0 Å². The minimum atomic E-state index is 0.338. The molecular formula is C10H16N4. The number of allylic oxidation sites excluding steroid dienone is 1. The molecule has 0 bridgehead atoms. The molecule has 2 heterocycles. The van der Waals surface area contributed by atoms with Gasteiger partial charge in [0.15, 0.2) is 0 Å². The Kier molecular flexibility index (Phi) is 1.87. The minimum Gasteiger partial charge on any atom is -0.399 e. The van der Waals surface area contributed by atoms with Crippen LogP contribution in [0, 0.1) is 0 Å². The number of fused-ring (bicyclic) bond motifs is 3. The van der Waals surface area contributed by atoms with E-state index in [0.717, 1.165) is 18.8 Å². The topological polar surface area (TPSA) is 53.3 Å². The van der Waals surface area contributed by atoms with Crippen LogP contribution in [0.5, 0.6) is 0 Å². The van der Waals surface area contributed by atoms with Gasteiger partial charge in [0.25, 0.3) is 0 Å². The van der Waals surface area contributed by atoms with E-state index >= 15 is 0 Å². The van der Waals surface area contributed by atoms with Gasteiger partial charge in [-0.2, -0.15) is 0 Å². The van der Waals surface area contributed by atoms with Crippen molar-refractivity contribution in [1.29, 1.82) is 0 Å². The van der Waals surface area contributed by atoms with Crippen molar-refractivity contribution in [2.75, 3.05) is 13.1 Å². The number of hydrogen-bond acceptors (Lipinski definition) is 4. The molecule has 3 atom stereocenters. The third-order valence-electron chi connectivity index (χ3n) is 3.22. The van der Waals surface area contributed by atoms with E-state index in [4.69, 9.17) is 5.73 Å². The van der Waals surface area contributed by atoms with Crippen LogP contribution >= 0.6 is 0 Å². The second-order valence-corrected chi connectivity index (χ2v) is 4.16. The van der Waals surface area contributed by atoms with Crippen LogP contribution < -0.4 is 16.4 Å². The summed E-state index contributed by atoms with van der Waals surface area (Å²) in [6, 6.07) is 0.871. The van der Waals surface area contributed by atoms with Crippen LogP contribution in [0.1, 0.15) is 6.42 Å². The lowest BCUT2D eigenvalue weighted by atomic mass is 10.0. The Morgan fingerprint density at radius 3 is 3.36 bits per heavy atom. The van der Waals surface area contributed by atoms with Crippen molar-refractivity contribution in [2.24, 2.45) is 5.73 Å². The van der Waals surface area contributed by atoms with Gasteiger partial charge in [0.1, 0.15) is 6.29 Å². The van der Waals surface area contributed by atoms with E-state index in [2.05, 4.69) is 27.7 Å². The molecule has 0 saturated carbocycles. The van der Waals surface area contributed by atoms with E-state index in [0.29, 0.717) is 18.4 Å². The van der Waals surface area contributed by atoms with Gasteiger partial charge in [-0.15, -0.1) is 0 Å². The van der Waals surface area contributed by atoms with Gasteiger partial charge in [0.2, 0.25) is 0 Å². The summed E-state index contributed by atoms with van der Waals surface area (Å²) in [6.07, 6.45) is 7.88. The second kappa shape index (κ2) is 3.08. The predicted molar refractivity (Wildman–Crippen MR) is 55.2 cm³/mol. The minimum absolute atomic E-state index is 0.338. The van der Waals surface area contributed by atoms with Crippen molar-refractivity contribution in [3.05, 3.63) is 23.9 Å². The van der Waals surface area contributed by atoms with Crippen molar-refractivity contribution in [1.82, 2.24) is 15.5 Å². The van der Waals surface area contributed by atoms with Gasteiger partial charge in [0.05, 0.1) is 6.04 Å². The Balaban J connectivity index is 1.87. The molecular weight excluding hydrogens is 176 g/mol. The maximum absolute atomic E-state index is 5.81. The zero-order valence-electron chi connectivity index (χ0n) is 8.11. The van der Waals surface area contributed by atoms with Crippen molar-refractivity contribution in [3.63, 3.8) is 0 Å². The smallest absolute Gasteiger partial charge is 0.115 e. The summed E-state index contributed by atoms with van der Waals surface area (Å²) in [4.78, 5) is 2.45. The average molecular weight is 192 g/mol.